The number of anilines is 1. The average molecular weight is 382 g/mol. The van der Waals surface area contributed by atoms with E-state index in [1.54, 1.807) is 36.0 Å². The van der Waals surface area contributed by atoms with E-state index in [1.807, 2.05) is 12.1 Å². The number of esters is 1. The lowest BCUT2D eigenvalue weighted by Crippen LogP contribution is -2.30. The Morgan fingerprint density at radius 3 is 2.67 bits per heavy atom. The van der Waals surface area contributed by atoms with Gasteiger partial charge < -0.3 is 10.1 Å². The van der Waals surface area contributed by atoms with Gasteiger partial charge in [0, 0.05) is 16.3 Å². The number of nitrogens with zero attached hydrogens (tertiary/aromatic N) is 1. The van der Waals surface area contributed by atoms with Crippen LogP contribution in [-0.2, 0) is 14.3 Å². The second-order valence-corrected chi connectivity index (χ2v) is 7.33. The van der Waals surface area contributed by atoms with E-state index < -0.39 is 18.0 Å². The van der Waals surface area contributed by atoms with Gasteiger partial charge in [-0.3, -0.25) is 9.59 Å². The van der Waals surface area contributed by atoms with Crippen molar-refractivity contribution in [2.24, 2.45) is 0 Å². The maximum absolute atomic E-state index is 12.1. The van der Waals surface area contributed by atoms with E-state index in [-0.39, 0.29) is 6.42 Å². The van der Waals surface area contributed by atoms with E-state index >= 15 is 0 Å². The molecule has 1 amide bonds. The van der Waals surface area contributed by atoms with E-state index in [0.29, 0.717) is 17.0 Å². The van der Waals surface area contributed by atoms with E-state index in [1.165, 1.54) is 18.1 Å². The average Bonchev–Trinajstić information content (AvgIpc) is 2.64. The van der Waals surface area contributed by atoms with E-state index in [0.717, 1.165) is 4.90 Å². The van der Waals surface area contributed by atoms with Crippen molar-refractivity contribution in [1.29, 1.82) is 5.26 Å². The Morgan fingerprint density at radius 2 is 1.96 bits per heavy atom. The summed E-state index contributed by atoms with van der Waals surface area (Å²) in [5.41, 5.74) is 3.39. The number of carbonyl (C=O) groups is 2. The topological polar surface area (TPSA) is 79.2 Å². The summed E-state index contributed by atoms with van der Waals surface area (Å²) < 4.78 is 5.19. The molecule has 1 atom stereocenters. The van der Waals surface area contributed by atoms with Crippen LogP contribution in [0.25, 0.3) is 0 Å². The number of thioether (sulfide) groups is 1. The number of aryl methyl sites for hydroxylation is 2. The molecule has 0 unspecified atom stereocenters. The Hall–Kier alpha value is -2.78. The molecule has 2 rings (SSSR count). The highest BCUT2D eigenvalue weighted by atomic mass is 32.2. The summed E-state index contributed by atoms with van der Waals surface area (Å²) in [5, 5.41) is 11.5. The highest BCUT2D eigenvalue weighted by Gasteiger charge is 2.18. The first-order valence-corrected chi connectivity index (χ1v) is 9.58. The van der Waals surface area contributed by atoms with Gasteiger partial charge in [-0.15, -0.1) is 11.8 Å². The van der Waals surface area contributed by atoms with Gasteiger partial charge >= 0.3 is 5.97 Å². The maximum Gasteiger partial charge on any atom is 0.307 e. The van der Waals surface area contributed by atoms with Crippen molar-refractivity contribution < 1.29 is 14.3 Å². The molecule has 6 heteroatoms. The van der Waals surface area contributed by atoms with Gasteiger partial charge in [-0.2, -0.15) is 5.26 Å². The van der Waals surface area contributed by atoms with Crippen LogP contribution in [0.1, 0.15) is 30.0 Å². The molecule has 0 aromatic heterocycles. The summed E-state index contributed by atoms with van der Waals surface area (Å²) >= 11 is 1.58. The molecule has 0 heterocycles. The highest BCUT2D eigenvalue weighted by Crippen LogP contribution is 2.22. The first-order valence-electron chi connectivity index (χ1n) is 8.59. The minimum absolute atomic E-state index is 0.221. The Kier molecular flexibility index (Phi) is 7.44. The van der Waals surface area contributed by atoms with Gasteiger partial charge in [0.25, 0.3) is 5.91 Å². The molecular formula is C21H22N2O3S. The predicted molar refractivity (Wildman–Crippen MR) is 107 cm³/mol. The lowest BCUT2D eigenvalue weighted by Gasteiger charge is -2.13. The Morgan fingerprint density at radius 1 is 1.19 bits per heavy atom. The van der Waals surface area contributed by atoms with Gasteiger partial charge in [0.15, 0.2) is 6.10 Å². The van der Waals surface area contributed by atoms with Crippen LogP contribution in [0.15, 0.2) is 47.4 Å². The maximum atomic E-state index is 12.1. The number of amides is 1. The van der Waals surface area contributed by atoms with Crippen LogP contribution >= 0.6 is 11.8 Å². The number of hydrogen-bond acceptors (Lipinski definition) is 5. The summed E-state index contributed by atoms with van der Waals surface area (Å²) in [7, 11) is 0. The van der Waals surface area contributed by atoms with Crippen molar-refractivity contribution in [2.45, 2.75) is 38.2 Å². The summed E-state index contributed by atoms with van der Waals surface area (Å²) in [6.07, 6.45) is -0.686. The summed E-state index contributed by atoms with van der Waals surface area (Å²) in [6.45, 7) is 5.64. The first kappa shape index (κ1) is 20.5. The Bertz CT molecular complexity index is 874. The lowest BCUT2D eigenvalue weighted by atomic mass is 10.1. The molecule has 5 nitrogen and oxygen atoms in total. The summed E-state index contributed by atoms with van der Waals surface area (Å²) in [4.78, 5) is 25.2. The zero-order valence-corrected chi connectivity index (χ0v) is 16.4. The molecule has 0 aliphatic carbocycles. The van der Waals surface area contributed by atoms with Crippen LogP contribution in [0.2, 0.25) is 0 Å². The van der Waals surface area contributed by atoms with Crippen molar-refractivity contribution in [3.8, 4) is 6.07 Å². The second-order valence-electron chi connectivity index (χ2n) is 6.16. The summed E-state index contributed by atoms with van der Waals surface area (Å²) in [6, 6.07) is 14.7. The van der Waals surface area contributed by atoms with Crippen LogP contribution < -0.4 is 5.32 Å². The molecule has 0 fully saturated rings. The molecule has 0 saturated heterocycles. The Balaban J connectivity index is 1.77. The minimum Gasteiger partial charge on any atom is -0.453 e. The molecule has 0 aliphatic rings. The van der Waals surface area contributed by atoms with Crippen LogP contribution in [0.3, 0.4) is 0 Å². The van der Waals surface area contributed by atoms with Crippen molar-refractivity contribution in [2.75, 3.05) is 11.1 Å². The Labute approximate surface area is 163 Å². The number of nitrogens with one attached hydrogen (secondary N) is 1. The van der Waals surface area contributed by atoms with Crippen molar-refractivity contribution in [3.63, 3.8) is 0 Å². The molecule has 0 aliphatic heterocycles. The quantitative estimate of drug-likeness (QED) is 0.573. The lowest BCUT2D eigenvalue weighted by molar-refractivity contribution is -0.152. The minimum atomic E-state index is -0.908. The third-order valence-electron chi connectivity index (χ3n) is 3.99. The monoisotopic (exact) mass is 382 g/mol. The predicted octanol–water partition coefficient (Wildman–Crippen LogP) is 4.23. The van der Waals surface area contributed by atoms with Crippen LogP contribution in [-0.4, -0.2) is 23.7 Å². The molecule has 27 heavy (non-hydrogen) atoms. The van der Waals surface area contributed by atoms with Gasteiger partial charge in [0.05, 0.1) is 18.1 Å². The normalized spacial score (nSPS) is 11.3. The van der Waals surface area contributed by atoms with E-state index in [2.05, 4.69) is 31.3 Å². The summed E-state index contributed by atoms with van der Waals surface area (Å²) in [5.74, 6) is -0.264. The molecule has 0 saturated carbocycles. The molecule has 2 aromatic carbocycles. The van der Waals surface area contributed by atoms with Gasteiger partial charge in [-0.05, 0) is 62.2 Å². The molecule has 0 spiro atoms. The third-order valence-corrected chi connectivity index (χ3v) is 4.99. The van der Waals surface area contributed by atoms with E-state index in [9.17, 15) is 9.59 Å². The SMILES string of the molecule is Cc1ccc(SCCC(=O)O[C@H](C)C(=O)Nc2cccc(C#N)c2)cc1C. The number of benzene rings is 2. The largest absolute Gasteiger partial charge is 0.453 e. The number of nitriles is 1. The number of carbonyl (C=O) groups excluding carboxylic acids is 2. The van der Waals surface area contributed by atoms with Crippen LogP contribution in [0.4, 0.5) is 5.69 Å². The van der Waals surface area contributed by atoms with Crippen LogP contribution in [0.5, 0.6) is 0 Å². The smallest absolute Gasteiger partial charge is 0.307 e. The zero-order chi connectivity index (χ0) is 19.8. The van der Waals surface area contributed by atoms with Crippen molar-refractivity contribution >= 4 is 29.3 Å². The first-order chi connectivity index (χ1) is 12.9. The molecule has 0 bridgehead atoms. The molecule has 140 valence electrons. The molecular weight excluding hydrogens is 360 g/mol. The fourth-order valence-electron chi connectivity index (χ4n) is 2.28. The number of hydrogen-bond donors (Lipinski definition) is 1. The molecule has 1 N–H and O–H groups in total. The van der Waals surface area contributed by atoms with Gasteiger partial charge in [-0.1, -0.05) is 12.1 Å². The van der Waals surface area contributed by atoms with Gasteiger partial charge in [-0.25, -0.2) is 0 Å². The van der Waals surface area contributed by atoms with Crippen molar-refractivity contribution in [1.82, 2.24) is 0 Å². The standard InChI is InChI=1S/C21H22N2O3S/c1-14-7-8-19(11-15(14)2)27-10-9-20(24)26-16(3)21(25)23-18-6-4-5-17(12-18)13-22/h4-8,11-12,16H,9-10H2,1-3H3,(H,23,25)/t16-/m1/s1. The highest BCUT2D eigenvalue weighted by molar-refractivity contribution is 7.99. The molecule has 0 radical (unpaired) electrons. The van der Waals surface area contributed by atoms with Gasteiger partial charge in [0.1, 0.15) is 0 Å². The number of ether oxygens (including phenoxy) is 1. The van der Waals surface area contributed by atoms with Gasteiger partial charge in [0.2, 0.25) is 0 Å². The van der Waals surface area contributed by atoms with Crippen LogP contribution in [0, 0.1) is 25.2 Å². The fraction of sp³-hybridized carbons (Fsp3) is 0.286. The van der Waals surface area contributed by atoms with E-state index in [4.69, 9.17) is 10.00 Å². The van der Waals surface area contributed by atoms with Crippen molar-refractivity contribution in [3.05, 3.63) is 59.2 Å². The number of rotatable bonds is 7. The zero-order valence-electron chi connectivity index (χ0n) is 15.6. The molecule has 2 aromatic rings. The second kappa shape index (κ2) is 9.79. The fourth-order valence-corrected chi connectivity index (χ4v) is 3.20. The third kappa shape index (κ3) is 6.46.